The number of ether oxygens (including phenoxy) is 2. The molecule has 1 amide bonds. The normalized spacial score (nSPS) is 12.8. The average molecular weight is 429 g/mol. The van der Waals surface area contributed by atoms with Gasteiger partial charge in [-0.15, -0.1) is 0 Å². The van der Waals surface area contributed by atoms with Gasteiger partial charge >= 0.3 is 0 Å². The van der Waals surface area contributed by atoms with Gasteiger partial charge in [-0.3, -0.25) is 4.79 Å². The maximum Gasteiger partial charge on any atom is 0.221 e. The third-order valence-electron chi connectivity index (χ3n) is 5.88. The predicted octanol–water partition coefficient (Wildman–Crippen LogP) is 5.58. The number of fused-ring (bicyclic) bond motifs is 1. The molecule has 0 radical (unpaired) electrons. The molecule has 4 rings (SSSR count). The first-order chi connectivity index (χ1) is 15.6. The lowest BCUT2D eigenvalue weighted by molar-refractivity contribution is -0.121. The van der Waals surface area contributed by atoms with Crippen LogP contribution < -0.4 is 14.8 Å². The molecule has 3 aromatic carbocycles. The summed E-state index contributed by atoms with van der Waals surface area (Å²) in [6.07, 6.45) is 2.29. The molecule has 0 aliphatic rings. The molecule has 0 bridgehead atoms. The maximum atomic E-state index is 13.2. The fourth-order valence-corrected chi connectivity index (χ4v) is 4.19. The number of methoxy groups -OCH3 is 2. The monoisotopic (exact) mass is 428 g/mol. The molecule has 1 heterocycles. The van der Waals surface area contributed by atoms with Crippen LogP contribution >= 0.6 is 0 Å². The lowest BCUT2D eigenvalue weighted by atomic mass is 9.87. The highest BCUT2D eigenvalue weighted by Crippen LogP contribution is 2.39. The Balaban J connectivity index is 1.69. The van der Waals surface area contributed by atoms with Crippen LogP contribution in [0.15, 0.2) is 79.0 Å². The van der Waals surface area contributed by atoms with E-state index in [0.29, 0.717) is 17.9 Å². The smallest absolute Gasteiger partial charge is 0.221 e. The molecule has 2 N–H and O–H groups in total. The first kappa shape index (κ1) is 21.5. The molecule has 0 aliphatic carbocycles. The molecular formula is C27H28N2O3. The molecule has 2 unspecified atom stereocenters. The predicted molar refractivity (Wildman–Crippen MR) is 127 cm³/mol. The number of para-hydroxylation sites is 1. The largest absolute Gasteiger partial charge is 0.497 e. The molecule has 0 saturated heterocycles. The maximum absolute atomic E-state index is 13.2. The van der Waals surface area contributed by atoms with Crippen molar-refractivity contribution in [2.24, 2.45) is 0 Å². The van der Waals surface area contributed by atoms with E-state index in [2.05, 4.69) is 16.4 Å². The summed E-state index contributed by atoms with van der Waals surface area (Å²) in [6, 6.07) is 23.8. The summed E-state index contributed by atoms with van der Waals surface area (Å²) in [5.41, 5.74) is 4.12. The van der Waals surface area contributed by atoms with Gasteiger partial charge in [0.1, 0.15) is 11.5 Å². The molecule has 2 atom stereocenters. The number of hydrogen-bond acceptors (Lipinski definition) is 3. The van der Waals surface area contributed by atoms with Gasteiger partial charge in [0.05, 0.1) is 20.3 Å². The number of nitrogens with one attached hydrogen (secondary N) is 2. The van der Waals surface area contributed by atoms with Crippen molar-refractivity contribution < 1.29 is 14.3 Å². The average Bonchev–Trinajstić information content (AvgIpc) is 3.26. The van der Waals surface area contributed by atoms with E-state index in [1.807, 2.05) is 79.9 Å². The zero-order valence-corrected chi connectivity index (χ0v) is 18.6. The molecular weight excluding hydrogens is 400 g/mol. The number of H-pyrrole nitrogens is 1. The second kappa shape index (κ2) is 9.60. The van der Waals surface area contributed by atoms with Crippen molar-refractivity contribution in [3.63, 3.8) is 0 Å². The lowest BCUT2D eigenvalue weighted by Gasteiger charge is -2.22. The highest BCUT2D eigenvalue weighted by molar-refractivity contribution is 5.86. The SMILES string of the molecule is COc1ccc(C(CC(=O)NC(C)c2ccccc2)c2c[nH]c3ccccc23)c(OC)c1. The van der Waals surface area contributed by atoms with Crippen LogP contribution in [0, 0.1) is 0 Å². The van der Waals surface area contributed by atoms with Gasteiger partial charge in [0, 0.05) is 41.1 Å². The van der Waals surface area contributed by atoms with E-state index in [4.69, 9.17) is 9.47 Å². The molecule has 0 saturated carbocycles. The van der Waals surface area contributed by atoms with Gasteiger partial charge in [0.25, 0.3) is 0 Å². The first-order valence-corrected chi connectivity index (χ1v) is 10.7. The molecule has 4 aromatic rings. The van der Waals surface area contributed by atoms with Crippen molar-refractivity contribution in [2.45, 2.75) is 25.3 Å². The Morgan fingerprint density at radius 2 is 1.69 bits per heavy atom. The van der Waals surface area contributed by atoms with Crippen molar-refractivity contribution >= 4 is 16.8 Å². The molecule has 1 aromatic heterocycles. The third-order valence-corrected chi connectivity index (χ3v) is 5.88. The summed E-state index contributed by atoms with van der Waals surface area (Å²) < 4.78 is 11.1. The highest BCUT2D eigenvalue weighted by Gasteiger charge is 2.25. The van der Waals surface area contributed by atoms with Crippen LogP contribution in [0.4, 0.5) is 0 Å². The molecule has 32 heavy (non-hydrogen) atoms. The summed E-state index contributed by atoms with van der Waals surface area (Å²) in [5.74, 6) is 1.21. The Labute approximate surface area is 188 Å². The summed E-state index contributed by atoms with van der Waals surface area (Å²) >= 11 is 0. The van der Waals surface area contributed by atoms with Crippen molar-refractivity contribution in [2.75, 3.05) is 14.2 Å². The van der Waals surface area contributed by atoms with Gasteiger partial charge in [0.15, 0.2) is 0 Å². The Bertz CT molecular complexity index is 1200. The van der Waals surface area contributed by atoms with Gasteiger partial charge in [-0.25, -0.2) is 0 Å². The van der Waals surface area contributed by atoms with Gasteiger partial charge < -0.3 is 19.8 Å². The summed E-state index contributed by atoms with van der Waals surface area (Å²) in [4.78, 5) is 16.5. The minimum Gasteiger partial charge on any atom is -0.497 e. The van der Waals surface area contributed by atoms with Crippen molar-refractivity contribution in [3.05, 3.63) is 95.7 Å². The Morgan fingerprint density at radius 1 is 0.938 bits per heavy atom. The van der Waals surface area contributed by atoms with Gasteiger partial charge in [-0.1, -0.05) is 54.6 Å². The quantitative estimate of drug-likeness (QED) is 0.385. The molecule has 0 aliphatic heterocycles. The lowest BCUT2D eigenvalue weighted by Crippen LogP contribution is -2.28. The van der Waals surface area contributed by atoms with Crippen molar-refractivity contribution in [3.8, 4) is 11.5 Å². The van der Waals surface area contributed by atoms with E-state index in [9.17, 15) is 4.79 Å². The first-order valence-electron chi connectivity index (χ1n) is 10.7. The number of carbonyl (C=O) groups excluding carboxylic acids is 1. The zero-order valence-electron chi connectivity index (χ0n) is 18.6. The Morgan fingerprint density at radius 3 is 2.44 bits per heavy atom. The van der Waals surface area contributed by atoms with E-state index in [-0.39, 0.29) is 17.9 Å². The van der Waals surface area contributed by atoms with Crippen molar-refractivity contribution in [1.29, 1.82) is 0 Å². The van der Waals surface area contributed by atoms with E-state index in [1.165, 1.54) is 0 Å². The van der Waals surface area contributed by atoms with E-state index in [0.717, 1.165) is 27.6 Å². The Kier molecular flexibility index (Phi) is 6.45. The topological polar surface area (TPSA) is 63.3 Å². The fourth-order valence-electron chi connectivity index (χ4n) is 4.19. The van der Waals surface area contributed by atoms with E-state index in [1.54, 1.807) is 14.2 Å². The van der Waals surface area contributed by atoms with Gasteiger partial charge in [-0.2, -0.15) is 0 Å². The van der Waals surface area contributed by atoms with Crippen LogP contribution in [-0.2, 0) is 4.79 Å². The number of aromatic nitrogens is 1. The number of carbonyl (C=O) groups is 1. The zero-order chi connectivity index (χ0) is 22.5. The fraction of sp³-hybridized carbons (Fsp3) is 0.222. The number of aromatic amines is 1. The molecule has 164 valence electrons. The minimum atomic E-state index is -0.185. The van der Waals surface area contributed by atoms with Crippen LogP contribution in [0.1, 0.15) is 42.0 Å². The summed E-state index contributed by atoms with van der Waals surface area (Å²) in [5, 5.41) is 4.25. The van der Waals surface area contributed by atoms with Crippen molar-refractivity contribution in [1.82, 2.24) is 10.3 Å². The van der Waals surface area contributed by atoms with Crippen LogP contribution in [0.25, 0.3) is 10.9 Å². The number of hydrogen-bond donors (Lipinski definition) is 2. The number of benzene rings is 3. The van der Waals surface area contributed by atoms with Gasteiger partial charge in [0.2, 0.25) is 5.91 Å². The van der Waals surface area contributed by atoms with E-state index < -0.39 is 0 Å². The third kappa shape index (κ3) is 4.47. The molecule has 5 heteroatoms. The number of amides is 1. The second-order valence-electron chi connectivity index (χ2n) is 7.85. The van der Waals surface area contributed by atoms with Crippen LogP contribution in [-0.4, -0.2) is 25.1 Å². The van der Waals surface area contributed by atoms with Crippen LogP contribution in [0.3, 0.4) is 0 Å². The molecule has 0 spiro atoms. The molecule has 0 fully saturated rings. The number of rotatable bonds is 8. The van der Waals surface area contributed by atoms with Crippen LogP contribution in [0.5, 0.6) is 11.5 Å². The standard InChI is InChI=1S/C27H28N2O3/c1-18(19-9-5-4-6-10-19)29-27(30)16-23(22-14-13-20(31-2)15-26(22)32-3)24-17-28-25-12-8-7-11-21(24)25/h4-15,17-18,23,28H,16H2,1-3H3,(H,29,30). The summed E-state index contributed by atoms with van der Waals surface area (Å²) in [6.45, 7) is 2.00. The summed E-state index contributed by atoms with van der Waals surface area (Å²) in [7, 11) is 3.27. The highest BCUT2D eigenvalue weighted by atomic mass is 16.5. The Hall–Kier alpha value is -3.73. The second-order valence-corrected chi connectivity index (χ2v) is 7.85. The molecule has 5 nitrogen and oxygen atoms in total. The minimum absolute atomic E-state index is 0.0190. The van der Waals surface area contributed by atoms with E-state index >= 15 is 0 Å². The van der Waals surface area contributed by atoms with Gasteiger partial charge in [-0.05, 0) is 30.2 Å². The van der Waals surface area contributed by atoms with Crippen LogP contribution in [0.2, 0.25) is 0 Å².